The van der Waals surface area contributed by atoms with E-state index in [4.69, 9.17) is 16.3 Å². The van der Waals surface area contributed by atoms with Gasteiger partial charge in [-0.15, -0.1) is 0 Å². The zero-order valence-corrected chi connectivity index (χ0v) is 13.4. The molecular formula is C17H21ClN2O. The summed E-state index contributed by atoms with van der Waals surface area (Å²) in [5.41, 5.74) is 2.02. The summed E-state index contributed by atoms with van der Waals surface area (Å²) in [4.78, 5) is 7.02. The van der Waals surface area contributed by atoms with E-state index >= 15 is 0 Å². The van der Waals surface area contributed by atoms with Gasteiger partial charge in [-0.25, -0.2) is 4.98 Å². The SMILES string of the molecule is COc1ccc2nc(Cl)c(CN3CCCCC3C)cc2c1. The average molecular weight is 305 g/mol. The van der Waals surface area contributed by atoms with Gasteiger partial charge >= 0.3 is 0 Å². The molecule has 2 aromatic rings. The lowest BCUT2D eigenvalue weighted by molar-refractivity contribution is 0.152. The van der Waals surface area contributed by atoms with Gasteiger partial charge in [0.15, 0.2) is 0 Å². The van der Waals surface area contributed by atoms with Gasteiger partial charge in [0.2, 0.25) is 0 Å². The second-order valence-corrected chi connectivity index (χ2v) is 6.17. The molecule has 21 heavy (non-hydrogen) atoms. The van der Waals surface area contributed by atoms with Crippen LogP contribution in [-0.4, -0.2) is 29.6 Å². The van der Waals surface area contributed by atoms with Crippen molar-refractivity contribution in [3.8, 4) is 5.75 Å². The first-order valence-electron chi connectivity index (χ1n) is 7.54. The molecule has 1 atom stereocenters. The van der Waals surface area contributed by atoms with Gasteiger partial charge in [-0.2, -0.15) is 0 Å². The Hall–Kier alpha value is -1.32. The molecule has 112 valence electrons. The summed E-state index contributed by atoms with van der Waals surface area (Å²) < 4.78 is 5.29. The lowest BCUT2D eigenvalue weighted by atomic mass is 10.0. The van der Waals surface area contributed by atoms with Crippen LogP contribution in [0.15, 0.2) is 24.3 Å². The predicted molar refractivity (Wildman–Crippen MR) is 87.0 cm³/mol. The molecule has 1 aliphatic rings. The molecule has 1 saturated heterocycles. The highest BCUT2D eigenvalue weighted by atomic mass is 35.5. The van der Waals surface area contributed by atoms with Crippen LogP contribution >= 0.6 is 11.6 Å². The molecule has 3 nitrogen and oxygen atoms in total. The van der Waals surface area contributed by atoms with E-state index in [2.05, 4.69) is 22.9 Å². The Balaban J connectivity index is 1.91. The Morgan fingerprint density at radius 3 is 2.95 bits per heavy atom. The maximum Gasteiger partial charge on any atom is 0.134 e. The highest BCUT2D eigenvalue weighted by Crippen LogP contribution is 2.27. The number of nitrogens with zero attached hydrogens (tertiary/aromatic N) is 2. The van der Waals surface area contributed by atoms with Crippen LogP contribution in [-0.2, 0) is 6.54 Å². The lowest BCUT2D eigenvalue weighted by Crippen LogP contribution is -2.36. The summed E-state index contributed by atoms with van der Waals surface area (Å²) >= 11 is 6.37. The summed E-state index contributed by atoms with van der Waals surface area (Å²) in [6, 6.07) is 8.65. The van der Waals surface area contributed by atoms with E-state index in [9.17, 15) is 0 Å². The Bertz CT molecular complexity index is 644. The average Bonchev–Trinajstić information content (AvgIpc) is 2.50. The minimum absolute atomic E-state index is 0.616. The molecule has 1 aromatic carbocycles. The molecule has 4 heteroatoms. The number of methoxy groups -OCH3 is 1. The number of pyridine rings is 1. The van der Waals surface area contributed by atoms with Crippen molar-refractivity contribution in [3.05, 3.63) is 35.0 Å². The number of rotatable bonds is 3. The smallest absolute Gasteiger partial charge is 0.134 e. The van der Waals surface area contributed by atoms with Crippen LogP contribution in [0.5, 0.6) is 5.75 Å². The first kappa shape index (κ1) is 14.6. The minimum Gasteiger partial charge on any atom is -0.497 e. The van der Waals surface area contributed by atoms with E-state index in [1.54, 1.807) is 7.11 Å². The molecule has 0 bridgehead atoms. The van der Waals surface area contributed by atoms with E-state index in [1.165, 1.54) is 19.3 Å². The molecule has 0 N–H and O–H groups in total. The molecule has 0 saturated carbocycles. The predicted octanol–water partition coefficient (Wildman–Crippen LogP) is 4.27. The largest absolute Gasteiger partial charge is 0.497 e. The van der Waals surface area contributed by atoms with Gasteiger partial charge in [-0.3, -0.25) is 4.90 Å². The first-order chi connectivity index (χ1) is 10.2. The zero-order valence-electron chi connectivity index (χ0n) is 12.6. The van der Waals surface area contributed by atoms with Crippen LogP contribution in [0.4, 0.5) is 0 Å². The Morgan fingerprint density at radius 2 is 2.19 bits per heavy atom. The quantitative estimate of drug-likeness (QED) is 0.792. The van der Waals surface area contributed by atoms with E-state index in [0.29, 0.717) is 11.2 Å². The third-order valence-electron chi connectivity index (χ3n) is 4.36. The molecule has 1 fully saturated rings. The van der Waals surface area contributed by atoms with E-state index in [-0.39, 0.29) is 0 Å². The van der Waals surface area contributed by atoms with Crippen LogP contribution in [0, 0.1) is 0 Å². The zero-order chi connectivity index (χ0) is 14.8. The van der Waals surface area contributed by atoms with Crippen LogP contribution in [0.2, 0.25) is 5.15 Å². The lowest BCUT2D eigenvalue weighted by Gasteiger charge is -2.33. The number of aromatic nitrogens is 1. The highest BCUT2D eigenvalue weighted by molar-refractivity contribution is 6.30. The van der Waals surface area contributed by atoms with Gasteiger partial charge in [0, 0.05) is 23.5 Å². The first-order valence-corrected chi connectivity index (χ1v) is 7.92. The van der Waals surface area contributed by atoms with Gasteiger partial charge < -0.3 is 4.74 Å². The van der Waals surface area contributed by atoms with Crippen LogP contribution in [0.3, 0.4) is 0 Å². The van der Waals surface area contributed by atoms with Gasteiger partial charge in [-0.05, 0) is 50.6 Å². The van der Waals surface area contributed by atoms with Crippen molar-refractivity contribution in [3.63, 3.8) is 0 Å². The number of hydrogen-bond acceptors (Lipinski definition) is 3. The van der Waals surface area contributed by atoms with Gasteiger partial charge in [0.1, 0.15) is 10.9 Å². The summed E-state index contributed by atoms with van der Waals surface area (Å²) in [6.07, 6.45) is 3.88. The van der Waals surface area contributed by atoms with Crippen molar-refractivity contribution in [2.75, 3.05) is 13.7 Å². The van der Waals surface area contributed by atoms with Gasteiger partial charge in [0.25, 0.3) is 0 Å². The van der Waals surface area contributed by atoms with Crippen molar-refractivity contribution in [1.29, 1.82) is 0 Å². The fourth-order valence-electron chi connectivity index (χ4n) is 3.02. The molecule has 3 rings (SSSR count). The number of piperidine rings is 1. The Morgan fingerprint density at radius 1 is 1.33 bits per heavy atom. The fourth-order valence-corrected chi connectivity index (χ4v) is 3.23. The van der Waals surface area contributed by atoms with Crippen LogP contribution in [0.25, 0.3) is 10.9 Å². The number of ether oxygens (including phenoxy) is 1. The summed E-state index contributed by atoms with van der Waals surface area (Å²) in [5.74, 6) is 0.851. The molecule has 0 spiro atoms. The third-order valence-corrected chi connectivity index (χ3v) is 4.69. The molecule has 1 aliphatic heterocycles. The van der Waals surface area contributed by atoms with Crippen LogP contribution in [0.1, 0.15) is 31.7 Å². The summed E-state index contributed by atoms with van der Waals surface area (Å²) in [6.45, 7) is 4.32. The maximum atomic E-state index is 6.37. The van der Waals surface area contributed by atoms with E-state index < -0.39 is 0 Å². The normalized spacial score (nSPS) is 19.9. The van der Waals surface area contributed by atoms with Crippen molar-refractivity contribution in [2.45, 2.75) is 38.8 Å². The number of fused-ring (bicyclic) bond motifs is 1. The maximum absolute atomic E-state index is 6.37. The van der Waals surface area contributed by atoms with Crippen molar-refractivity contribution in [1.82, 2.24) is 9.88 Å². The van der Waals surface area contributed by atoms with Crippen molar-refractivity contribution >= 4 is 22.5 Å². The van der Waals surface area contributed by atoms with Crippen molar-refractivity contribution < 1.29 is 4.74 Å². The topological polar surface area (TPSA) is 25.4 Å². The number of hydrogen-bond donors (Lipinski definition) is 0. The molecule has 0 aliphatic carbocycles. The molecular weight excluding hydrogens is 284 g/mol. The van der Waals surface area contributed by atoms with Crippen LogP contribution < -0.4 is 4.74 Å². The van der Waals surface area contributed by atoms with Gasteiger partial charge in [0.05, 0.1) is 12.6 Å². The third kappa shape index (κ3) is 3.14. The molecule has 1 aromatic heterocycles. The molecule has 1 unspecified atom stereocenters. The second-order valence-electron chi connectivity index (χ2n) is 5.81. The van der Waals surface area contributed by atoms with Gasteiger partial charge in [-0.1, -0.05) is 18.0 Å². The fraction of sp³-hybridized carbons (Fsp3) is 0.471. The minimum atomic E-state index is 0.616. The Labute approximate surface area is 130 Å². The molecule has 2 heterocycles. The second kappa shape index (κ2) is 6.20. The van der Waals surface area contributed by atoms with Crippen molar-refractivity contribution in [2.24, 2.45) is 0 Å². The monoisotopic (exact) mass is 304 g/mol. The molecule has 0 radical (unpaired) electrons. The Kier molecular flexibility index (Phi) is 4.32. The molecule has 0 amide bonds. The highest BCUT2D eigenvalue weighted by Gasteiger charge is 2.19. The summed E-state index contributed by atoms with van der Waals surface area (Å²) in [7, 11) is 1.68. The standard InChI is InChI=1S/C17H21ClN2O/c1-12-5-3-4-8-20(12)11-14-9-13-10-15(21-2)6-7-16(13)19-17(14)18/h6-7,9-10,12H,3-5,8,11H2,1-2H3. The summed E-state index contributed by atoms with van der Waals surface area (Å²) in [5, 5.41) is 1.70. The van der Waals surface area contributed by atoms with E-state index in [0.717, 1.165) is 35.3 Å². The number of halogens is 1. The number of benzene rings is 1. The van der Waals surface area contributed by atoms with E-state index in [1.807, 2.05) is 18.2 Å². The number of likely N-dealkylation sites (tertiary alicyclic amines) is 1.